The average molecular weight is 335 g/mol. The molecule has 0 N–H and O–H groups in total. The summed E-state index contributed by atoms with van der Waals surface area (Å²) in [4.78, 5) is 11.6. The van der Waals surface area contributed by atoms with E-state index >= 15 is 0 Å². The molecule has 0 aliphatic carbocycles. The van der Waals surface area contributed by atoms with Gasteiger partial charge in [-0.25, -0.2) is 4.79 Å². The van der Waals surface area contributed by atoms with Crippen LogP contribution in [0.1, 0.15) is 87.1 Å². The highest BCUT2D eigenvalue weighted by Gasteiger charge is 2.08. The molecular formula is C21H34O3. The first kappa shape index (κ1) is 20.5. The quantitative estimate of drug-likeness (QED) is 0.324. The summed E-state index contributed by atoms with van der Waals surface area (Å²) in [6.07, 6.45) is 13.2. The summed E-state index contributed by atoms with van der Waals surface area (Å²) in [6, 6.07) is 5.54. The van der Waals surface area contributed by atoms with E-state index in [2.05, 4.69) is 6.92 Å². The minimum Gasteiger partial charge on any atom is -0.494 e. The Balaban J connectivity index is 2.11. The monoisotopic (exact) mass is 334 g/mol. The van der Waals surface area contributed by atoms with Crippen LogP contribution in [0.3, 0.4) is 0 Å². The normalized spacial score (nSPS) is 10.6. The summed E-state index contributed by atoms with van der Waals surface area (Å²) < 4.78 is 10.5. The van der Waals surface area contributed by atoms with Crippen LogP contribution in [0, 0.1) is 6.92 Å². The lowest BCUT2D eigenvalue weighted by Crippen LogP contribution is -2.03. The molecule has 0 saturated carbocycles. The van der Waals surface area contributed by atoms with Gasteiger partial charge in [-0.2, -0.15) is 0 Å². The number of esters is 1. The van der Waals surface area contributed by atoms with Gasteiger partial charge in [-0.1, -0.05) is 64.7 Å². The molecule has 0 fully saturated rings. The number of hydrogen-bond donors (Lipinski definition) is 0. The van der Waals surface area contributed by atoms with E-state index in [1.165, 1.54) is 64.9 Å². The van der Waals surface area contributed by atoms with E-state index in [0.29, 0.717) is 12.2 Å². The Kier molecular flexibility index (Phi) is 11.0. The number of methoxy groups -OCH3 is 1. The van der Waals surface area contributed by atoms with Gasteiger partial charge in [-0.3, -0.25) is 0 Å². The third-order valence-corrected chi connectivity index (χ3v) is 4.24. The van der Waals surface area contributed by atoms with E-state index in [1.54, 1.807) is 6.07 Å². The van der Waals surface area contributed by atoms with Crippen molar-refractivity contribution in [2.75, 3.05) is 13.7 Å². The molecule has 1 aromatic carbocycles. The minimum atomic E-state index is -0.317. The van der Waals surface area contributed by atoms with Crippen molar-refractivity contribution in [1.82, 2.24) is 0 Å². The molecule has 0 unspecified atom stereocenters. The van der Waals surface area contributed by atoms with Crippen LogP contribution in [0.15, 0.2) is 18.2 Å². The van der Waals surface area contributed by atoms with Crippen molar-refractivity contribution in [3.8, 4) is 5.75 Å². The molecule has 0 aromatic heterocycles. The highest BCUT2D eigenvalue weighted by Crippen LogP contribution is 2.18. The summed E-state index contributed by atoms with van der Waals surface area (Å²) in [5, 5.41) is 0. The summed E-state index contributed by atoms with van der Waals surface area (Å²) in [7, 11) is 1.40. The van der Waals surface area contributed by atoms with E-state index in [-0.39, 0.29) is 5.97 Å². The van der Waals surface area contributed by atoms with Gasteiger partial charge < -0.3 is 9.47 Å². The number of aryl methyl sites for hydroxylation is 1. The molecule has 0 aliphatic heterocycles. The van der Waals surface area contributed by atoms with Gasteiger partial charge in [0.1, 0.15) is 5.75 Å². The zero-order valence-corrected chi connectivity index (χ0v) is 15.7. The second-order valence-electron chi connectivity index (χ2n) is 6.56. The Morgan fingerprint density at radius 3 is 2.04 bits per heavy atom. The van der Waals surface area contributed by atoms with Crippen LogP contribution in [0.4, 0.5) is 0 Å². The van der Waals surface area contributed by atoms with Crippen molar-refractivity contribution in [2.45, 2.75) is 78.1 Å². The zero-order chi connectivity index (χ0) is 17.6. The van der Waals surface area contributed by atoms with Crippen LogP contribution < -0.4 is 4.74 Å². The predicted octanol–water partition coefficient (Wildman–Crippen LogP) is 6.08. The number of benzene rings is 1. The van der Waals surface area contributed by atoms with Crippen molar-refractivity contribution >= 4 is 5.97 Å². The maximum atomic E-state index is 11.6. The number of carbonyl (C=O) groups excluding carboxylic acids is 1. The van der Waals surface area contributed by atoms with E-state index in [1.807, 2.05) is 19.1 Å². The molecule has 0 amide bonds. The van der Waals surface area contributed by atoms with E-state index in [0.717, 1.165) is 17.7 Å². The second kappa shape index (κ2) is 12.9. The zero-order valence-electron chi connectivity index (χ0n) is 15.7. The Bertz CT molecular complexity index is 468. The molecule has 0 radical (unpaired) electrons. The highest BCUT2D eigenvalue weighted by atomic mass is 16.5. The largest absolute Gasteiger partial charge is 0.494 e. The van der Waals surface area contributed by atoms with E-state index < -0.39 is 0 Å². The lowest BCUT2D eigenvalue weighted by atomic mass is 10.1. The molecule has 0 saturated heterocycles. The fraction of sp³-hybridized carbons (Fsp3) is 0.667. The second-order valence-corrected chi connectivity index (χ2v) is 6.56. The van der Waals surface area contributed by atoms with Gasteiger partial charge in [0.15, 0.2) is 0 Å². The van der Waals surface area contributed by atoms with Crippen LogP contribution in [0.25, 0.3) is 0 Å². The van der Waals surface area contributed by atoms with Gasteiger partial charge in [0.05, 0.1) is 19.3 Å². The summed E-state index contributed by atoms with van der Waals surface area (Å²) in [5.74, 6) is 0.439. The molecule has 3 heteroatoms. The lowest BCUT2D eigenvalue weighted by Gasteiger charge is -2.09. The third kappa shape index (κ3) is 8.95. The number of unbranched alkanes of at least 4 members (excludes halogenated alkanes) is 9. The molecule has 1 aromatic rings. The van der Waals surface area contributed by atoms with Crippen molar-refractivity contribution < 1.29 is 14.3 Å². The summed E-state index contributed by atoms with van der Waals surface area (Å²) in [6.45, 7) is 4.93. The molecule has 0 bridgehead atoms. The Morgan fingerprint density at radius 2 is 1.46 bits per heavy atom. The van der Waals surface area contributed by atoms with Crippen LogP contribution >= 0.6 is 0 Å². The molecule has 3 nitrogen and oxygen atoms in total. The smallest absolute Gasteiger partial charge is 0.337 e. The van der Waals surface area contributed by atoms with Crippen molar-refractivity contribution in [3.05, 3.63) is 29.3 Å². The Labute approximate surface area is 147 Å². The fourth-order valence-electron chi connectivity index (χ4n) is 2.85. The fourth-order valence-corrected chi connectivity index (χ4v) is 2.85. The highest BCUT2D eigenvalue weighted by molar-refractivity contribution is 5.90. The van der Waals surface area contributed by atoms with E-state index in [4.69, 9.17) is 9.47 Å². The number of ether oxygens (including phenoxy) is 2. The van der Waals surface area contributed by atoms with E-state index in [9.17, 15) is 4.79 Å². The molecule has 1 rings (SSSR count). The molecule has 136 valence electrons. The van der Waals surface area contributed by atoms with Crippen molar-refractivity contribution in [2.24, 2.45) is 0 Å². The average Bonchev–Trinajstić information content (AvgIpc) is 2.58. The van der Waals surface area contributed by atoms with Crippen LogP contribution in [0.2, 0.25) is 0 Å². The maximum Gasteiger partial charge on any atom is 0.337 e. The SMILES string of the molecule is CCCCCCCCCCCCOc1cc(C)cc(C(=O)OC)c1. The number of rotatable bonds is 13. The van der Waals surface area contributed by atoms with Gasteiger partial charge >= 0.3 is 5.97 Å². The lowest BCUT2D eigenvalue weighted by molar-refractivity contribution is 0.0600. The number of hydrogen-bond acceptors (Lipinski definition) is 3. The van der Waals surface area contributed by atoms with Gasteiger partial charge in [0, 0.05) is 0 Å². The van der Waals surface area contributed by atoms with Crippen LogP contribution in [0.5, 0.6) is 5.75 Å². The Morgan fingerprint density at radius 1 is 0.875 bits per heavy atom. The van der Waals surface area contributed by atoms with Crippen molar-refractivity contribution in [3.63, 3.8) is 0 Å². The molecular weight excluding hydrogens is 300 g/mol. The maximum absolute atomic E-state index is 11.6. The molecule has 24 heavy (non-hydrogen) atoms. The molecule has 0 aliphatic rings. The first-order valence-corrected chi connectivity index (χ1v) is 9.50. The molecule has 0 atom stereocenters. The van der Waals surface area contributed by atoms with Crippen LogP contribution in [-0.2, 0) is 4.74 Å². The third-order valence-electron chi connectivity index (χ3n) is 4.24. The topological polar surface area (TPSA) is 35.5 Å². The standard InChI is InChI=1S/C21H34O3/c1-4-5-6-7-8-9-10-11-12-13-14-24-20-16-18(2)15-19(17-20)21(22)23-3/h15-17H,4-14H2,1-3H3. The van der Waals surface area contributed by atoms with Crippen LogP contribution in [-0.4, -0.2) is 19.7 Å². The summed E-state index contributed by atoms with van der Waals surface area (Å²) >= 11 is 0. The van der Waals surface area contributed by atoms with Gasteiger partial charge in [-0.15, -0.1) is 0 Å². The Hall–Kier alpha value is -1.51. The van der Waals surface area contributed by atoms with Gasteiger partial charge in [-0.05, 0) is 37.1 Å². The van der Waals surface area contributed by atoms with Crippen molar-refractivity contribution in [1.29, 1.82) is 0 Å². The molecule has 0 spiro atoms. The predicted molar refractivity (Wildman–Crippen MR) is 99.9 cm³/mol. The molecule has 0 heterocycles. The first-order valence-electron chi connectivity index (χ1n) is 9.50. The number of carbonyl (C=O) groups is 1. The first-order chi connectivity index (χ1) is 11.7. The summed E-state index contributed by atoms with van der Waals surface area (Å²) in [5.41, 5.74) is 1.56. The van der Waals surface area contributed by atoms with Gasteiger partial charge in [0.2, 0.25) is 0 Å². The van der Waals surface area contributed by atoms with Gasteiger partial charge in [0.25, 0.3) is 0 Å². The minimum absolute atomic E-state index is 0.317.